The highest BCUT2D eigenvalue weighted by molar-refractivity contribution is 7.26. The Labute approximate surface area is 858 Å². The third kappa shape index (κ3) is 48.1. The van der Waals surface area contributed by atoms with Gasteiger partial charge in [0.05, 0.1) is 121 Å². The van der Waals surface area contributed by atoms with E-state index in [0.29, 0.717) is 169 Å². The van der Waals surface area contributed by atoms with Gasteiger partial charge in [-0.3, -0.25) is 24.0 Å². The minimum atomic E-state index is -0.420. The monoisotopic (exact) mass is 2030 g/mol. The summed E-state index contributed by atoms with van der Waals surface area (Å²) in [5.41, 5.74) is 3.32. The number of ether oxygens (including phenoxy) is 16. The van der Waals surface area contributed by atoms with E-state index in [4.69, 9.17) is 80.8 Å². The van der Waals surface area contributed by atoms with Crippen LogP contribution in [0.5, 0.6) is 40.2 Å². The lowest BCUT2D eigenvalue weighted by atomic mass is 9.80. The molecule has 4 saturated carbocycles. The number of esters is 9. The Bertz CT molecular complexity index is 4920. The molecule has 0 bridgehead atoms. The Morgan fingerprint density at radius 2 is 0.653 bits per heavy atom. The molecule has 0 radical (unpaired) electrons. The molecular weight excluding hydrogens is 1880 g/mol. The molecule has 0 atom stereocenters. The second kappa shape index (κ2) is 71.4. The molecule has 4 fully saturated rings. The molecule has 11 rings (SSSR count). The SMILES string of the molecule is C=CC(=O)OCCCCCCC1CCC(OC)CC1.C=CC(=O)OCCCCCCOC(=O)c1ccc(OC)cc1.C=CC(=O)OCCCCCCOc1ccc(OC)cc1.C=CC(=O)OCCCCOC(=O)C1CCC(OC)CC1.C=CC(=O)OCCCCOc1ccc(OC)cc1.CC(=O)C1CCC(C(=O)Oc2ccc(OC(=O)C3CCC(C(C)=O)CC3)c3sc(-c4ccc(-c5ccc(C)cc5)s4)nc23)CC1. The zero-order valence-corrected chi connectivity index (χ0v) is 87.2. The van der Waals surface area contributed by atoms with Crippen LogP contribution in [0.1, 0.15) is 242 Å². The van der Waals surface area contributed by atoms with Crippen LogP contribution in [0.25, 0.3) is 30.5 Å². The molecule has 0 aliphatic heterocycles. The molecule has 4 aliphatic rings. The number of carbonyl (C=O) groups is 11. The first-order valence-electron chi connectivity index (χ1n) is 50.4. The van der Waals surface area contributed by atoms with Gasteiger partial charge in [0, 0.05) is 61.3 Å². The number of thiophene rings is 1. The van der Waals surface area contributed by atoms with Crippen LogP contribution in [-0.2, 0) is 90.6 Å². The Kier molecular flexibility index (Phi) is 59.8. The zero-order chi connectivity index (χ0) is 104. The van der Waals surface area contributed by atoms with Gasteiger partial charge in [0.2, 0.25) is 0 Å². The fourth-order valence-corrected chi connectivity index (χ4v) is 18.3. The number of hydrogen-bond acceptors (Lipinski definition) is 30. The number of thiazole rings is 1. The summed E-state index contributed by atoms with van der Waals surface area (Å²) >= 11 is 3.04. The van der Waals surface area contributed by atoms with Crippen LogP contribution in [0.2, 0.25) is 0 Å². The predicted molar refractivity (Wildman–Crippen MR) is 558 cm³/mol. The largest absolute Gasteiger partial charge is 0.497 e. The van der Waals surface area contributed by atoms with Gasteiger partial charge in [0.25, 0.3) is 0 Å². The number of unbranched alkanes of at least 4 members (excludes halogenated alkanes) is 11. The number of aromatic nitrogens is 1. The fourth-order valence-electron chi connectivity index (χ4n) is 16.2. The van der Waals surface area contributed by atoms with Crippen molar-refractivity contribution in [3.8, 4) is 60.6 Å². The van der Waals surface area contributed by atoms with Crippen LogP contribution >= 0.6 is 22.7 Å². The van der Waals surface area contributed by atoms with Crippen molar-refractivity contribution in [2.24, 2.45) is 35.5 Å². The molecule has 2 heterocycles. The van der Waals surface area contributed by atoms with Crippen molar-refractivity contribution in [1.82, 2.24) is 4.98 Å². The van der Waals surface area contributed by atoms with Gasteiger partial charge in [-0.05, 0) is 316 Å². The molecule has 0 N–H and O–H groups in total. The first-order valence-corrected chi connectivity index (χ1v) is 52.0. The number of ketones is 2. The molecule has 144 heavy (non-hydrogen) atoms. The van der Waals surface area contributed by atoms with Gasteiger partial charge in [-0.2, -0.15) is 0 Å². The van der Waals surface area contributed by atoms with Crippen molar-refractivity contribution in [1.29, 1.82) is 0 Å². The van der Waals surface area contributed by atoms with Crippen molar-refractivity contribution in [3.05, 3.63) is 196 Å². The van der Waals surface area contributed by atoms with Gasteiger partial charge in [-0.1, -0.05) is 88.4 Å². The van der Waals surface area contributed by atoms with Crippen molar-refractivity contribution in [3.63, 3.8) is 0 Å². The van der Waals surface area contributed by atoms with Crippen LogP contribution < -0.4 is 33.2 Å². The first kappa shape index (κ1) is 121. The van der Waals surface area contributed by atoms with Gasteiger partial charge in [-0.25, -0.2) is 33.8 Å². The van der Waals surface area contributed by atoms with E-state index in [1.807, 2.05) is 61.7 Å². The molecule has 5 aromatic carbocycles. The second-order valence-electron chi connectivity index (χ2n) is 35.4. The Balaban J connectivity index is 0.000000277. The van der Waals surface area contributed by atoms with E-state index in [9.17, 15) is 52.7 Å². The summed E-state index contributed by atoms with van der Waals surface area (Å²) < 4.78 is 84.3. The molecule has 0 saturated heterocycles. The Morgan fingerprint density at radius 3 is 1.06 bits per heavy atom. The average Bonchev–Trinajstić information content (AvgIpc) is 1.62. The van der Waals surface area contributed by atoms with Crippen LogP contribution in [0.3, 0.4) is 0 Å². The third-order valence-corrected chi connectivity index (χ3v) is 27.3. The van der Waals surface area contributed by atoms with Gasteiger partial charge < -0.3 is 75.8 Å². The zero-order valence-electron chi connectivity index (χ0n) is 85.6. The van der Waals surface area contributed by atoms with Crippen LogP contribution in [0.4, 0.5) is 0 Å². The lowest BCUT2D eigenvalue weighted by molar-refractivity contribution is -0.151. The summed E-state index contributed by atoms with van der Waals surface area (Å²) in [4.78, 5) is 135. The van der Waals surface area contributed by atoms with E-state index >= 15 is 0 Å². The molecule has 0 spiro atoms. The molecule has 30 heteroatoms. The number of aryl methyl sites for hydroxylation is 1. The average molecular weight is 2030 g/mol. The Morgan fingerprint density at radius 1 is 0.326 bits per heavy atom. The van der Waals surface area contributed by atoms with Crippen molar-refractivity contribution in [2.75, 3.05) is 95.0 Å². The number of nitrogens with zero attached hydrogens (tertiary/aromatic N) is 1. The normalized spacial score (nSPS) is 17.0. The Hall–Kier alpha value is -12.1. The summed E-state index contributed by atoms with van der Waals surface area (Å²) in [6.45, 7) is 26.1. The smallest absolute Gasteiger partial charge is 0.338 e. The molecule has 0 amide bonds. The number of rotatable bonds is 53. The van der Waals surface area contributed by atoms with Crippen molar-refractivity contribution < 1.29 is 129 Å². The third-order valence-electron chi connectivity index (χ3n) is 25.0. The number of carbonyl (C=O) groups excluding carboxylic acids is 11. The first-order chi connectivity index (χ1) is 69.8. The maximum absolute atomic E-state index is 13.3. The molecule has 786 valence electrons. The van der Waals surface area contributed by atoms with E-state index in [0.717, 1.165) is 170 Å². The number of benzene rings is 5. The number of fused-ring (bicyclic) bond motifs is 1. The summed E-state index contributed by atoms with van der Waals surface area (Å²) in [5, 5.41) is 0.748. The van der Waals surface area contributed by atoms with Crippen molar-refractivity contribution in [2.45, 2.75) is 245 Å². The van der Waals surface area contributed by atoms with Gasteiger partial charge in [-0.15, -0.1) is 22.7 Å². The lowest BCUT2D eigenvalue weighted by Gasteiger charge is -2.27. The molecule has 28 nitrogen and oxygen atoms in total. The maximum Gasteiger partial charge on any atom is 0.338 e. The fraction of sp³-hybridized carbons (Fsp3) is 0.509. The summed E-state index contributed by atoms with van der Waals surface area (Å²) in [7, 11) is 8.38. The quantitative estimate of drug-likeness (QED) is 0.0112. The number of hydrogen-bond donors (Lipinski definition) is 0. The maximum atomic E-state index is 13.3. The van der Waals surface area contributed by atoms with Crippen LogP contribution in [0, 0.1) is 42.4 Å². The highest BCUT2D eigenvalue weighted by atomic mass is 32.1. The van der Waals surface area contributed by atoms with E-state index < -0.39 is 11.9 Å². The highest BCUT2D eigenvalue weighted by Gasteiger charge is 2.34. The number of methoxy groups -OCH3 is 5. The molecular formula is C114H151NO27S2. The molecule has 2 aromatic heterocycles. The van der Waals surface area contributed by atoms with Gasteiger partial charge in [0.1, 0.15) is 55.5 Å². The summed E-state index contributed by atoms with van der Waals surface area (Å²) in [6.07, 6.45) is 36.9. The topological polar surface area (TPSA) is 348 Å². The van der Waals surface area contributed by atoms with Crippen LogP contribution in [0.15, 0.2) is 185 Å². The highest BCUT2D eigenvalue weighted by Crippen LogP contribution is 2.45. The summed E-state index contributed by atoms with van der Waals surface area (Å²) in [6, 6.07) is 37.6. The van der Waals surface area contributed by atoms with E-state index in [-0.39, 0.29) is 82.9 Å². The summed E-state index contributed by atoms with van der Waals surface area (Å²) in [5.74, 6) is 2.56. The molecule has 4 aliphatic carbocycles. The lowest BCUT2D eigenvalue weighted by Crippen LogP contribution is -2.28. The standard InChI is InChI=1S/C36H37NO6S2.C17H22O5.C16H22O4.C16H28O3.C15H24O5.C14H18O4/c1-20-4-6-25(7-5-20)30-18-19-31(44-30)34-37-32-28(42-35(40)26-12-8-23(9-13-26)21(2)38)16-17-29(33(32)45-34)43-36(41)27-14-10-24(11-15-27)22(3)39;1-3-16(18)21-12-6-4-5-7-13-22-17(19)14-8-10-15(20-2)11-9-14;1-3-16(17)20-13-7-5-4-6-12-19-15-10-8-14(18-2)9-11-15;1-3-16(17)19-13-7-5-4-6-8-14-9-11-15(18-2)12-10-14;1-3-14(16)19-10-4-5-11-20-15(17)12-6-8-13(18-2)9-7-12;1-3-14(15)18-11-5-4-10-17-13-8-6-12(16-2)7-9-13/h4-7,16-19,23-24,26-27H,8-15H2,1-3H3;3,8-11H,1,4-7,12-13H2,2H3;3,8-11H,1,4-7,12-13H2,2H3;3,14-15H,1,4-13H2,2H3;3,12-13H,1,4-11H2,2H3;3,6-9H,1,4-5,10-11H2,2H3. The molecule has 7 aromatic rings. The van der Waals surface area contributed by atoms with E-state index in [2.05, 4.69) is 70.2 Å². The van der Waals surface area contributed by atoms with E-state index in [1.165, 1.54) is 74.0 Å². The van der Waals surface area contributed by atoms with E-state index in [1.54, 1.807) is 90.0 Å². The minimum absolute atomic E-state index is 0.0139. The number of Topliss-reactive ketones (excluding diaryl/α,β-unsaturated/α-hetero) is 2. The van der Waals surface area contributed by atoms with Crippen molar-refractivity contribution >= 4 is 98.2 Å². The van der Waals surface area contributed by atoms with Gasteiger partial charge >= 0.3 is 53.7 Å². The van der Waals surface area contributed by atoms with Crippen LogP contribution in [-0.4, -0.2) is 177 Å². The second-order valence-corrected chi connectivity index (χ2v) is 37.5. The molecule has 0 unspecified atom stereocenters. The van der Waals surface area contributed by atoms with Gasteiger partial charge in [0.15, 0.2) is 11.5 Å². The minimum Gasteiger partial charge on any atom is -0.497 e. The predicted octanol–water partition coefficient (Wildman–Crippen LogP) is 23.8.